The van der Waals surface area contributed by atoms with E-state index in [2.05, 4.69) is 5.32 Å². The van der Waals surface area contributed by atoms with Gasteiger partial charge in [-0.1, -0.05) is 6.07 Å². The molecule has 112 valence electrons. The second-order valence-corrected chi connectivity index (χ2v) is 4.50. The molecule has 21 heavy (non-hydrogen) atoms. The van der Waals surface area contributed by atoms with E-state index in [1.165, 1.54) is 0 Å². The molecule has 4 nitrogen and oxygen atoms in total. The van der Waals surface area contributed by atoms with E-state index in [1.807, 2.05) is 49.4 Å². The average Bonchev–Trinajstić information content (AvgIpc) is 2.54. The van der Waals surface area contributed by atoms with Crippen LogP contribution in [0.4, 0.5) is 5.69 Å². The van der Waals surface area contributed by atoms with Crippen LogP contribution in [0.3, 0.4) is 0 Å². The zero-order valence-electron chi connectivity index (χ0n) is 12.7. The monoisotopic (exact) mass is 287 g/mol. The molecule has 0 aliphatic rings. The fraction of sp³-hybridized carbons (Fsp3) is 0.294. The Morgan fingerprint density at radius 2 is 1.67 bits per heavy atom. The number of hydrogen-bond acceptors (Lipinski definition) is 4. The fourth-order valence-corrected chi connectivity index (χ4v) is 2.01. The first-order chi connectivity index (χ1) is 10.3. The van der Waals surface area contributed by atoms with Crippen LogP contribution >= 0.6 is 0 Å². The largest absolute Gasteiger partial charge is 0.497 e. The normalized spacial score (nSPS) is 10.0. The number of benzene rings is 2. The van der Waals surface area contributed by atoms with E-state index in [4.69, 9.17) is 14.2 Å². The zero-order valence-corrected chi connectivity index (χ0v) is 12.7. The minimum absolute atomic E-state index is 0.617. The molecule has 0 radical (unpaired) electrons. The third kappa shape index (κ3) is 4.05. The number of methoxy groups -OCH3 is 2. The predicted octanol–water partition coefficient (Wildman–Crippen LogP) is 3.71. The molecule has 0 fully saturated rings. The van der Waals surface area contributed by atoms with Gasteiger partial charge in [-0.3, -0.25) is 0 Å². The van der Waals surface area contributed by atoms with Crippen molar-refractivity contribution in [1.82, 2.24) is 0 Å². The van der Waals surface area contributed by atoms with Crippen LogP contribution in [0.15, 0.2) is 42.5 Å². The maximum absolute atomic E-state index is 5.58. The van der Waals surface area contributed by atoms with Gasteiger partial charge in [0.05, 0.1) is 20.8 Å². The molecule has 2 rings (SSSR count). The molecule has 2 aromatic carbocycles. The third-order valence-electron chi connectivity index (χ3n) is 3.11. The molecule has 0 heterocycles. The lowest BCUT2D eigenvalue weighted by atomic mass is 10.2. The molecule has 0 aliphatic carbocycles. The van der Waals surface area contributed by atoms with Crippen molar-refractivity contribution in [2.24, 2.45) is 0 Å². The van der Waals surface area contributed by atoms with Gasteiger partial charge in [0, 0.05) is 12.2 Å². The summed E-state index contributed by atoms with van der Waals surface area (Å²) >= 11 is 0. The Bertz CT molecular complexity index is 567. The summed E-state index contributed by atoms with van der Waals surface area (Å²) in [6, 6.07) is 13.8. The highest BCUT2D eigenvalue weighted by Gasteiger charge is 2.05. The summed E-state index contributed by atoms with van der Waals surface area (Å²) in [4.78, 5) is 0. The molecule has 0 saturated heterocycles. The molecule has 0 atom stereocenters. The Kier molecular flexibility index (Phi) is 5.32. The SMILES string of the molecule is CCOc1cc(CNc2ccc(OC)cc2)ccc1OC. The first-order valence-electron chi connectivity index (χ1n) is 6.94. The van der Waals surface area contributed by atoms with Crippen LogP contribution in [-0.4, -0.2) is 20.8 Å². The molecule has 4 heteroatoms. The van der Waals surface area contributed by atoms with Gasteiger partial charge in [0.2, 0.25) is 0 Å². The lowest BCUT2D eigenvalue weighted by Crippen LogP contribution is -2.01. The quantitative estimate of drug-likeness (QED) is 0.842. The zero-order chi connectivity index (χ0) is 15.1. The lowest BCUT2D eigenvalue weighted by molar-refractivity contribution is 0.310. The summed E-state index contributed by atoms with van der Waals surface area (Å²) in [5.41, 5.74) is 2.18. The van der Waals surface area contributed by atoms with Crippen molar-refractivity contribution in [2.75, 3.05) is 26.1 Å². The highest BCUT2D eigenvalue weighted by Crippen LogP contribution is 2.28. The standard InChI is InChI=1S/C17H21NO3/c1-4-21-17-11-13(5-10-16(17)20-3)12-18-14-6-8-15(19-2)9-7-14/h5-11,18H,4,12H2,1-3H3. The molecule has 1 N–H and O–H groups in total. The van der Waals surface area contributed by atoms with Gasteiger partial charge in [-0.15, -0.1) is 0 Å². The Morgan fingerprint density at radius 3 is 2.29 bits per heavy atom. The maximum Gasteiger partial charge on any atom is 0.161 e. The summed E-state index contributed by atoms with van der Waals surface area (Å²) in [6.45, 7) is 3.30. The fourth-order valence-electron chi connectivity index (χ4n) is 2.01. The van der Waals surface area contributed by atoms with Gasteiger partial charge < -0.3 is 19.5 Å². The van der Waals surface area contributed by atoms with Crippen LogP contribution in [0.1, 0.15) is 12.5 Å². The first-order valence-corrected chi connectivity index (χ1v) is 6.94. The molecule has 2 aromatic rings. The Labute approximate surface area is 125 Å². The van der Waals surface area contributed by atoms with Crippen molar-refractivity contribution >= 4 is 5.69 Å². The molecule has 0 spiro atoms. The summed E-state index contributed by atoms with van der Waals surface area (Å²) in [5.74, 6) is 2.38. The first kappa shape index (κ1) is 15.0. The van der Waals surface area contributed by atoms with E-state index in [0.29, 0.717) is 6.61 Å². The van der Waals surface area contributed by atoms with Gasteiger partial charge in [-0.05, 0) is 48.9 Å². The van der Waals surface area contributed by atoms with Crippen LogP contribution < -0.4 is 19.5 Å². The topological polar surface area (TPSA) is 39.7 Å². The predicted molar refractivity (Wildman–Crippen MR) is 84.5 cm³/mol. The molecule has 0 aromatic heterocycles. The van der Waals surface area contributed by atoms with E-state index in [1.54, 1.807) is 14.2 Å². The molecular weight excluding hydrogens is 266 g/mol. The number of anilines is 1. The minimum Gasteiger partial charge on any atom is -0.497 e. The van der Waals surface area contributed by atoms with Crippen LogP contribution in [-0.2, 0) is 6.54 Å². The third-order valence-corrected chi connectivity index (χ3v) is 3.11. The Balaban J connectivity index is 2.03. The van der Waals surface area contributed by atoms with Gasteiger partial charge in [0.15, 0.2) is 11.5 Å². The number of ether oxygens (including phenoxy) is 3. The van der Waals surface area contributed by atoms with Crippen LogP contribution in [0.2, 0.25) is 0 Å². The van der Waals surface area contributed by atoms with Crippen molar-refractivity contribution < 1.29 is 14.2 Å². The number of hydrogen-bond donors (Lipinski definition) is 1. The summed E-state index contributed by atoms with van der Waals surface area (Å²) in [7, 11) is 3.31. The Hall–Kier alpha value is -2.36. The van der Waals surface area contributed by atoms with E-state index in [-0.39, 0.29) is 0 Å². The van der Waals surface area contributed by atoms with E-state index in [9.17, 15) is 0 Å². The van der Waals surface area contributed by atoms with E-state index >= 15 is 0 Å². The smallest absolute Gasteiger partial charge is 0.161 e. The summed E-state index contributed by atoms with van der Waals surface area (Å²) in [5, 5.41) is 3.37. The van der Waals surface area contributed by atoms with Crippen molar-refractivity contribution in [1.29, 1.82) is 0 Å². The van der Waals surface area contributed by atoms with Crippen LogP contribution in [0.5, 0.6) is 17.2 Å². The summed E-state index contributed by atoms with van der Waals surface area (Å²) < 4.78 is 16.0. The highest BCUT2D eigenvalue weighted by molar-refractivity contribution is 5.48. The Morgan fingerprint density at radius 1 is 0.905 bits per heavy atom. The molecule has 0 bridgehead atoms. The van der Waals surface area contributed by atoms with Gasteiger partial charge in [0.25, 0.3) is 0 Å². The second-order valence-electron chi connectivity index (χ2n) is 4.50. The molecule has 0 unspecified atom stereocenters. The molecule has 0 amide bonds. The van der Waals surface area contributed by atoms with Crippen molar-refractivity contribution in [3.8, 4) is 17.2 Å². The lowest BCUT2D eigenvalue weighted by Gasteiger charge is -2.12. The van der Waals surface area contributed by atoms with Gasteiger partial charge in [-0.2, -0.15) is 0 Å². The van der Waals surface area contributed by atoms with Crippen LogP contribution in [0.25, 0.3) is 0 Å². The maximum atomic E-state index is 5.58. The van der Waals surface area contributed by atoms with E-state index in [0.717, 1.165) is 35.0 Å². The highest BCUT2D eigenvalue weighted by atomic mass is 16.5. The number of rotatable bonds is 7. The van der Waals surface area contributed by atoms with Crippen molar-refractivity contribution in [3.05, 3.63) is 48.0 Å². The summed E-state index contributed by atoms with van der Waals surface area (Å²) in [6.07, 6.45) is 0. The van der Waals surface area contributed by atoms with Crippen LogP contribution in [0, 0.1) is 0 Å². The van der Waals surface area contributed by atoms with Gasteiger partial charge in [0.1, 0.15) is 5.75 Å². The molecule has 0 saturated carbocycles. The van der Waals surface area contributed by atoms with Crippen molar-refractivity contribution in [3.63, 3.8) is 0 Å². The molecule has 0 aliphatic heterocycles. The second kappa shape index (κ2) is 7.43. The average molecular weight is 287 g/mol. The minimum atomic E-state index is 0.617. The van der Waals surface area contributed by atoms with E-state index < -0.39 is 0 Å². The number of nitrogens with one attached hydrogen (secondary N) is 1. The van der Waals surface area contributed by atoms with Gasteiger partial charge >= 0.3 is 0 Å². The van der Waals surface area contributed by atoms with Crippen molar-refractivity contribution in [2.45, 2.75) is 13.5 Å². The molecular formula is C17H21NO3. The van der Waals surface area contributed by atoms with Gasteiger partial charge in [-0.25, -0.2) is 0 Å².